The Morgan fingerprint density at radius 2 is 1.66 bits per heavy atom. The number of nitrogens with one attached hydrogen (secondary N) is 1. The number of aromatic nitrogens is 3. The molecule has 168 valence electrons. The summed E-state index contributed by atoms with van der Waals surface area (Å²) < 4.78 is 41.1. The molecule has 10 nitrogen and oxygen atoms in total. The Labute approximate surface area is 173 Å². The molecular formula is C18H35N5O5S. The van der Waals surface area contributed by atoms with Crippen molar-refractivity contribution in [3.63, 3.8) is 0 Å². The van der Waals surface area contributed by atoms with Gasteiger partial charge >= 0.3 is 0 Å². The summed E-state index contributed by atoms with van der Waals surface area (Å²) in [4.78, 5) is 2.09. The fourth-order valence-corrected chi connectivity index (χ4v) is 4.08. The van der Waals surface area contributed by atoms with Gasteiger partial charge in [0.1, 0.15) is 0 Å². The van der Waals surface area contributed by atoms with E-state index in [4.69, 9.17) is 14.2 Å². The summed E-state index contributed by atoms with van der Waals surface area (Å²) in [5.41, 5.74) is 0.845. The molecule has 1 aromatic heterocycles. The van der Waals surface area contributed by atoms with Crippen molar-refractivity contribution < 1.29 is 22.6 Å². The molecule has 0 amide bonds. The van der Waals surface area contributed by atoms with Crippen molar-refractivity contribution in [1.82, 2.24) is 25.2 Å². The van der Waals surface area contributed by atoms with Crippen molar-refractivity contribution in [2.45, 2.75) is 26.4 Å². The number of sulfone groups is 1. The van der Waals surface area contributed by atoms with Crippen molar-refractivity contribution in [2.75, 3.05) is 77.3 Å². The van der Waals surface area contributed by atoms with E-state index in [1.54, 1.807) is 4.68 Å². The van der Waals surface area contributed by atoms with Crippen LogP contribution in [0.2, 0.25) is 0 Å². The van der Waals surface area contributed by atoms with Crippen molar-refractivity contribution in [3.8, 4) is 0 Å². The van der Waals surface area contributed by atoms with E-state index in [2.05, 4.69) is 27.5 Å². The van der Waals surface area contributed by atoms with Gasteiger partial charge in [0, 0.05) is 32.4 Å². The van der Waals surface area contributed by atoms with Crippen molar-refractivity contribution in [3.05, 3.63) is 11.9 Å². The quantitative estimate of drug-likeness (QED) is 0.347. The van der Waals surface area contributed by atoms with Gasteiger partial charge in [-0.2, -0.15) is 0 Å². The first-order chi connectivity index (χ1) is 14.1. The van der Waals surface area contributed by atoms with E-state index in [0.717, 1.165) is 25.2 Å². The van der Waals surface area contributed by atoms with Crippen molar-refractivity contribution in [2.24, 2.45) is 0 Å². The summed E-state index contributed by atoms with van der Waals surface area (Å²) in [5, 5.41) is 11.5. The lowest BCUT2D eigenvalue weighted by atomic mass is 10.4. The fraction of sp³-hybridized carbons (Fsp3) is 0.889. The maximum absolute atomic E-state index is 11.5. The zero-order valence-corrected chi connectivity index (χ0v) is 18.2. The van der Waals surface area contributed by atoms with Gasteiger partial charge in [0.05, 0.1) is 63.4 Å². The van der Waals surface area contributed by atoms with E-state index in [-0.39, 0.29) is 11.5 Å². The second-order valence-corrected chi connectivity index (χ2v) is 9.29. The Bertz CT molecular complexity index is 641. The Morgan fingerprint density at radius 1 is 1.00 bits per heavy atom. The molecule has 1 fully saturated rings. The second kappa shape index (κ2) is 14.0. The summed E-state index contributed by atoms with van der Waals surface area (Å²) in [6.45, 7) is 9.87. The summed E-state index contributed by atoms with van der Waals surface area (Å²) in [6.07, 6.45) is 3.02. The Balaban J connectivity index is 1.42. The van der Waals surface area contributed by atoms with Gasteiger partial charge in [0.2, 0.25) is 0 Å². The SMILES string of the molecule is CCCNCCOCCOCCOCCn1cc(CN2CCS(=O)(=O)CC2)nn1. The molecular weight excluding hydrogens is 398 g/mol. The Hall–Kier alpha value is -1.11. The first kappa shape index (κ1) is 24.2. The molecule has 1 aliphatic heterocycles. The molecule has 1 saturated heterocycles. The highest BCUT2D eigenvalue weighted by molar-refractivity contribution is 7.91. The van der Waals surface area contributed by atoms with E-state index in [9.17, 15) is 8.42 Å². The number of nitrogens with zero attached hydrogens (tertiary/aromatic N) is 4. The molecule has 29 heavy (non-hydrogen) atoms. The maximum Gasteiger partial charge on any atom is 0.152 e. The topological polar surface area (TPSA) is 108 Å². The zero-order chi connectivity index (χ0) is 20.8. The van der Waals surface area contributed by atoms with Crippen LogP contribution in [0.25, 0.3) is 0 Å². The number of hydrogen-bond donors (Lipinski definition) is 1. The smallest absolute Gasteiger partial charge is 0.152 e. The second-order valence-electron chi connectivity index (χ2n) is 6.99. The van der Waals surface area contributed by atoms with Gasteiger partial charge in [-0.15, -0.1) is 5.10 Å². The van der Waals surface area contributed by atoms with E-state index < -0.39 is 9.84 Å². The molecule has 2 heterocycles. The van der Waals surface area contributed by atoms with Gasteiger partial charge in [-0.3, -0.25) is 4.90 Å². The molecule has 1 N–H and O–H groups in total. The third-order valence-corrected chi connectivity index (χ3v) is 6.08. The van der Waals surface area contributed by atoms with Gasteiger partial charge in [-0.25, -0.2) is 13.1 Å². The fourth-order valence-electron chi connectivity index (χ4n) is 2.80. The molecule has 0 aliphatic carbocycles. The molecule has 11 heteroatoms. The number of rotatable bonds is 16. The molecule has 0 unspecified atom stereocenters. The average Bonchev–Trinajstić information content (AvgIpc) is 3.14. The van der Waals surface area contributed by atoms with Gasteiger partial charge in [0.15, 0.2) is 9.84 Å². The van der Waals surface area contributed by atoms with Gasteiger partial charge in [-0.05, 0) is 13.0 Å². The molecule has 1 aromatic rings. The summed E-state index contributed by atoms with van der Waals surface area (Å²) in [7, 11) is -2.85. The lowest BCUT2D eigenvalue weighted by Crippen LogP contribution is -2.39. The van der Waals surface area contributed by atoms with Crippen LogP contribution in [0.4, 0.5) is 0 Å². The molecule has 0 spiro atoms. The standard InChI is InChI=1S/C18H35N5O5S/c1-2-3-19-4-8-26-10-12-28-13-11-27-9-5-23-17-18(20-21-23)16-22-6-14-29(24,25)15-7-22/h17,19H,2-16H2,1H3. The lowest BCUT2D eigenvalue weighted by Gasteiger charge is -2.25. The molecule has 0 bridgehead atoms. The van der Waals surface area contributed by atoms with Crippen LogP contribution in [0.15, 0.2) is 6.20 Å². The summed E-state index contributed by atoms with van der Waals surface area (Å²) in [6, 6.07) is 0. The highest BCUT2D eigenvalue weighted by atomic mass is 32.2. The lowest BCUT2D eigenvalue weighted by molar-refractivity contribution is 0.0133. The Morgan fingerprint density at radius 3 is 2.34 bits per heavy atom. The van der Waals surface area contributed by atoms with E-state index >= 15 is 0 Å². The average molecular weight is 434 g/mol. The first-order valence-electron chi connectivity index (χ1n) is 10.3. The molecule has 0 aromatic carbocycles. The normalized spacial score (nSPS) is 17.0. The van der Waals surface area contributed by atoms with Crippen LogP contribution in [0.3, 0.4) is 0 Å². The molecule has 2 rings (SSSR count). The number of hydrogen-bond acceptors (Lipinski definition) is 9. The van der Waals surface area contributed by atoms with Gasteiger partial charge in [-0.1, -0.05) is 12.1 Å². The maximum atomic E-state index is 11.5. The van der Waals surface area contributed by atoms with Crippen LogP contribution < -0.4 is 5.32 Å². The van der Waals surface area contributed by atoms with Crippen LogP contribution in [0.1, 0.15) is 19.0 Å². The monoisotopic (exact) mass is 433 g/mol. The van der Waals surface area contributed by atoms with Crippen LogP contribution in [0.5, 0.6) is 0 Å². The largest absolute Gasteiger partial charge is 0.378 e. The van der Waals surface area contributed by atoms with Crippen LogP contribution >= 0.6 is 0 Å². The summed E-state index contributed by atoms with van der Waals surface area (Å²) in [5.74, 6) is 0.443. The third kappa shape index (κ3) is 11.0. The van der Waals surface area contributed by atoms with Gasteiger partial charge in [0.25, 0.3) is 0 Å². The minimum atomic E-state index is -2.85. The predicted molar refractivity (Wildman–Crippen MR) is 110 cm³/mol. The highest BCUT2D eigenvalue weighted by Crippen LogP contribution is 2.07. The highest BCUT2D eigenvalue weighted by Gasteiger charge is 2.22. The predicted octanol–water partition coefficient (Wildman–Crippen LogP) is -0.442. The zero-order valence-electron chi connectivity index (χ0n) is 17.4. The van der Waals surface area contributed by atoms with Crippen molar-refractivity contribution in [1.29, 1.82) is 0 Å². The van der Waals surface area contributed by atoms with E-state index in [1.165, 1.54) is 0 Å². The number of ether oxygens (including phenoxy) is 3. The van der Waals surface area contributed by atoms with Crippen LogP contribution in [-0.4, -0.2) is 106 Å². The molecule has 1 aliphatic rings. The summed E-state index contributed by atoms with van der Waals surface area (Å²) >= 11 is 0. The molecule has 0 saturated carbocycles. The van der Waals surface area contributed by atoms with Gasteiger partial charge < -0.3 is 19.5 Å². The third-order valence-electron chi connectivity index (χ3n) is 4.47. The van der Waals surface area contributed by atoms with E-state index in [0.29, 0.717) is 65.8 Å². The van der Waals surface area contributed by atoms with Crippen LogP contribution in [0, 0.1) is 0 Å². The molecule has 0 radical (unpaired) electrons. The van der Waals surface area contributed by atoms with Crippen LogP contribution in [-0.2, 0) is 37.1 Å². The molecule has 0 atom stereocenters. The minimum absolute atomic E-state index is 0.222. The van der Waals surface area contributed by atoms with E-state index in [1.807, 2.05) is 6.20 Å². The van der Waals surface area contributed by atoms with Crippen molar-refractivity contribution >= 4 is 9.84 Å². The first-order valence-corrected chi connectivity index (χ1v) is 12.2. The Kier molecular flexibility index (Phi) is 11.7. The minimum Gasteiger partial charge on any atom is -0.378 e.